The van der Waals surface area contributed by atoms with Gasteiger partial charge in [-0.1, -0.05) is 0 Å². The SMILES string of the molecule is Cc1nc(CNC(=O)C2CCN(c3cc(F)cc(F)c3)C2=O)oc1C. The molecule has 1 saturated heterocycles. The first-order chi connectivity index (χ1) is 11.8. The molecule has 132 valence electrons. The molecule has 0 bridgehead atoms. The predicted octanol–water partition coefficient (Wildman–Crippen LogP) is 2.24. The monoisotopic (exact) mass is 349 g/mol. The number of nitrogens with one attached hydrogen (secondary N) is 1. The first-order valence-corrected chi connectivity index (χ1v) is 7.83. The van der Waals surface area contributed by atoms with E-state index in [0.717, 1.165) is 23.9 Å². The number of aryl methyl sites for hydroxylation is 2. The summed E-state index contributed by atoms with van der Waals surface area (Å²) in [6.45, 7) is 3.85. The number of carbonyl (C=O) groups is 2. The number of hydrogen-bond acceptors (Lipinski definition) is 4. The number of nitrogens with zero attached hydrogens (tertiary/aromatic N) is 2. The van der Waals surface area contributed by atoms with Crippen LogP contribution in [0.15, 0.2) is 22.6 Å². The Hall–Kier alpha value is -2.77. The van der Waals surface area contributed by atoms with Gasteiger partial charge < -0.3 is 14.6 Å². The molecule has 0 aliphatic carbocycles. The van der Waals surface area contributed by atoms with Crippen LogP contribution in [0.2, 0.25) is 0 Å². The van der Waals surface area contributed by atoms with E-state index < -0.39 is 29.4 Å². The van der Waals surface area contributed by atoms with Crippen LogP contribution in [0.4, 0.5) is 14.5 Å². The van der Waals surface area contributed by atoms with Gasteiger partial charge in [-0.25, -0.2) is 13.8 Å². The Morgan fingerprint density at radius 3 is 2.60 bits per heavy atom. The van der Waals surface area contributed by atoms with Crippen LogP contribution in [0.1, 0.15) is 23.8 Å². The third-order valence-electron chi connectivity index (χ3n) is 4.17. The van der Waals surface area contributed by atoms with Gasteiger partial charge in [-0.3, -0.25) is 9.59 Å². The van der Waals surface area contributed by atoms with Gasteiger partial charge in [0.05, 0.1) is 12.2 Å². The van der Waals surface area contributed by atoms with Gasteiger partial charge >= 0.3 is 0 Å². The van der Waals surface area contributed by atoms with Crippen LogP contribution in [0.25, 0.3) is 0 Å². The van der Waals surface area contributed by atoms with Crippen LogP contribution in [-0.2, 0) is 16.1 Å². The third kappa shape index (κ3) is 3.52. The highest BCUT2D eigenvalue weighted by Crippen LogP contribution is 2.27. The van der Waals surface area contributed by atoms with Gasteiger partial charge in [-0.2, -0.15) is 0 Å². The van der Waals surface area contributed by atoms with Crippen molar-refractivity contribution < 1.29 is 22.8 Å². The number of oxazole rings is 1. The molecule has 0 spiro atoms. The van der Waals surface area contributed by atoms with E-state index in [4.69, 9.17) is 4.42 Å². The van der Waals surface area contributed by atoms with Gasteiger partial charge in [0.2, 0.25) is 17.7 Å². The van der Waals surface area contributed by atoms with Crippen molar-refractivity contribution in [3.05, 3.63) is 47.2 Å². The van der Waals surface area contributed by atoms with E-state index in [-0.39, 0.29) is 25.2 Å². The van der Waals surface area contributed by atoms with Crippen molar-refractivity contribution in [2.75, 3.05) is 11.4 Å². The van der Waals surface area contributed by atoms with Gasteiger partial charge in [-0.15, -0.1) is 0 Å². The highest BCUT2D eigenvalue weighted by atomic mass is 19.1. The molecule has 1 unspecified atom stereocenters. The Kier molecular flexibility index (Phi) is 4.52. The first kappa shape index (κ1) is 17.1. The minimum atomic E-state index is -0.900. The molecule has 1 aromatic heterocycles. The lowest BCUT2D eigenvalue weighted by Crippen LogP contribution is -2.36. The maximum atomic E-state index is 13.3. The Bertz CT molecular complexity index is 795. The first-order valence-electron chi connectivity index (χ1n) is 7.83. The normalized spacial score (nSPS) is 17.2. The molecule has 1 aliphatic heterocycles. The van der Waals surface area contributed by atoms with Crippen LogP contribution in [0, 0.1) is 31.4 Å². The molecular formula is C17H17F2N3O3. The molecule has 1 atom stereocenters. The van der Waals surface area contributed by atoms with Gasteiger partial charge in [0.25, 0.3) is 0 Å². The molecule has 1 aromatic carbocycles. The smallest absolute Gasteiger partial charge is 0.239 e. The van der Waals surface area contributed by atoms with E-state index in [9.17, 15) is 18.4 Å². The molecule has 25 heavy (non-hydrogen) atoms. The molecule has 0 radical (unpaired) electrons. The number of rotatable bonds is 4. The highest BCUT2D eigenvalue weighted by Gasteiger charge is 2.37. The van der Waals surface area contributed by atoms with Crippen molar-refractivity contribution in [2.24, 2.45) is 5.92 Å². The second-order valence-electron chi connectivity index (χ2n) is 5.93. The number of benzene rings is 1. The molecule has 2 amide bonds. The Morgan fingerprint density at radius 1 is 1.32 bits per heavy atom. The van der Waals surface area contributed by atoms with Crippen LogP contribution in [0.5, 0.6) is 0 Å². The van der Waals surface area contributed by atoms with Crippen molar-refractivity contribution in [1.82, 2.24) is 10.3 Å². The van der Waals surface area contributed by atoms with E-state index in [1.165, 1.54) is 4.90 Å². The standard InChI is InChI=1S/C17H17F2N3O3/c1-9-10(2)25-15(21-9)8-20-16(23)14-3-4-22(17(14)24)13-6-11(18)5-12(19)7-13/h5-7,14H,3-4,8H2,1-2H3,(H,20,23). The number of halogens is 2. The van der Waals surface area contributed by atoms with Gasteiger partial charge in [-0.05, 0) is 32.4 Å². The topological polar surface area (TPSA) is 75.4 Å². The molecule has 0 saturated carbocycles. The average molecular weight is 349 g/mol. The van der Waals surface area contributed by atoms with Crippen molar-refractivity contribution >= 4 is 17.5 Å². The van der Waals surface area contributed by atoms with Crippen LogP contribution < -0.4 is 10.2 Å². The predicted molar refractivity (Wildman–Crippen MR) is 84.6 cm³/mol. The molecule has 6 nitrogen and oxygen atoms in total. The lowest BCUT2D eigenvalue weighted by Gasteiger charge is -2.17. The summed E-state index contributed by atoms with van der Waals surface area (Å²) >= 11 is 0. The zero-order chi connectivity index (χ0) is 18.1. The summed E-state index contributed by atoms with van der Waals surface area (Å²) in [5, 5.41) is 2.62. The van der Waals surface area contributed by atoms with E-state index in [2.05, 4.69) is 10.3 Å². The Labute approximate surface area is 142 Å². The minimum Gasteiger partial charge on any atom is -0.444 e. The molecule has 1 fully saturated rings. The van der Waals surface area contributed by atoms with Crippen molar-refractivity contribution in [1.29, 1.82) is 0 Å². The number of amides is 2. The van der Waals surface area contributed by atoms with E-state index in [1.54, 1.807) is 13.8 Å². The van der Waals surface area contributed by atoms with Crippen LogP contribution in [-0.4, -0.2) is 23.3 Å². The average Bonchev–Trinajstić information content (AvgIpc) is 3.07. The molecule has 3 rings (SSSR count). The Morgan fingerprint density at radius 2 is 2.00 bits per heavy atom. The molecule has 1 N–H and O–H groups in total. The zero-order valence-corrected chi connectivity index (χ0v) is 13.8. The fraction of sp³-hybridized carbons (Fsp3) is 0.353. The zero-order valence-electron chi connectivity index (χ0n) is 13.8. The molecule has 1 aliphatic rings. The molecule has 2 aromatic rings. The van der Waals surface area contributed by atoms with E-state index >= 15 is 0 Å². The molecular weight excluding hydrogens is 332 g/mol. The third-order valence-corrected chi connectivity index (χ3v) is 4.17. The van der Waals surface area contributed by atoms with Crippen LogP contribution in [0.3, 0.4) is 0 Å². The summed E-state index contributed by atoms with van der Waals surface area (Å²) in [6, 6.07) is 2.87. The summed E-state index contributed by atoms with van der Waals surface area (Å²) in [5.74, 6) is -2.36. The number of aromatic nitrogens is 1. The fourth-order valence-corrected chi connectivity index (χ4v) is 2.78. The van der Waals surface area contributed by atoms with Crippen LogP contribution >= 0.6 is 0 Å². The summed E-state index contributed by atoms with van der Waals surface area (Å²) in [5.41, 5.74) is 0.845. The van der Waals surface area contributed by atoms with E-state index in [1.807, 2.05) is 0 Å². The fourth-order valence-electron chi connectivity index (χ4n) is 2.78. The lowest BCUT2D eigenvalue weighted by atomic mass is 10.1. The minimum absolute atomic E-state index is 0.0753. The summed E-state index contributed by atoms with van der Waals surface area (Å²) < 4.78 is 32.0. The molecule has 2 heterocycles. The summed E-state index contributed by atoms with van der Waals surface area (Å²) in [7, 11) is 0. The van der Waals surface area contributed by atoms with Gasteiger partial charge in [0.15, 0.2) is 0 Å². The lowest BCUT2D eigenvalue weighted by molar-refractivity contribution is -0.132. The largest absolute Gasteiger partial charge is 0.444 e. The number of anilines is 1. The Balaban J connectivity index is 1.65. The maximum Gasteiger partial charge on any atom is 0.239 e. The summed E-state index contributed by atoms with van der Waals surface area (Å²) in [6.07, 6.45) is 0.270. The van der Waals surface area contributed by atoms with Gasteiger partial charge in [0.1, 0.15) is 23.3 Å². The quantitative estimate of drug-likeness (QED) is 0.859. The van der Waals surface area contributed by atoms with Crippen molar-refractivity contribution in [3.63, 3.8) is 0 Å². The second-order valence-corrected chi connectivity index (χ2v) is 5.93. The number of carbonyl (C=O) groups excluding carboxylic acids is 2. The van der Waals surface area contributed by atoms with Gasteiger partial charge in [0, 0.05) is 18.3 Å². The highest BCUT2D eigenvalue weighted by molar-refractivity contribution is 6.09. The number of hydrogen-bond donors (Lipinski definition) is 1. The van der Waals surface area contributed by atoms with Crippen molar-refractivity contribution in [3.8, 4) is 0 Å². The maximum absolute atomic E-state index is 13.3. The molecule has 8 heteroatoms. The summed E-state index contributed by atoms with van der Waals surface area (Å²) in [4.78, 5) is 30.0. The second kappa shape index (κ2) is 6.62. The van der Waals surface area contributed by atoms with E-state index in [0.29, 0.717) is 11.7 Å². The van der Waals surface area contributed by atoms with Crippen molar-refractivity contribution in [2.45, 2.75) is 26.8 Å².